The van der Waals surface area contributed by atoms with Gasteiger partial charge in [0.25, 0.3) is 5.69 Å². The fourth-order valence-electron chi connectivity index (χ4n) is 1.94. The van der Waals surface area contributed by atoms with Crippen LogP contribution in [0.25, 0.3) is 11.4 Å². The van der Waals surface area contributed by atoms with E-state index in [0.29, 0.717) is 17.3 Å². The maximum atomic E-state index is 10.9. The van der Waals surface area contributed by atoms with Crippen molar-refractivity contribution in [2.24, 2.45) is 11.7 Å². The molecule has 7 nitrogen and oxygen atoms in total. The summed E-state index contributed by atoms with van der Waals surface area (Å²) in [4.78, 5) is 14.7. The molecular formula is C14H18N4O3. The minimum Gasteiger partial charge on any atom is -0.337 e. The molecule has 0 bridgehead atoms. The summed E-state index contributed by atoms with van der Waals surface area (Å²) in [5.74, 6) is 0.889. The van der Waals surface area contributed by atoms with Crippen LogP contribution in [0, 0.1) is 23.0 Å². The van der Waals surface area contributed by atoms with Crippen LogP contribution < -0.4 is 5.73 Å². The maximum absolute atomic E-state index is 10.9. The highest BCUT2D eigenvalue weighted by molar-refractivity contribution is 5.63. The van der Waals surface area contributed by atoms with Crippen LogP contribution >= 0.6 is 0 Å². The third-order valence-corrected chi connectivity index (χ3v) is 3.66. The zero-order valence-corrected chi connectivity index (χ0v) is 12.2. The number of non-ortho nitro benzene ring substituents is 1. The lowest BCUT2D eigenvalue weighted by molar-refractivity contribution is -0.384. The molecule has 1 heterocycles. The molecule has 1 aromatic heterocycles. The van der Waals surface area contributed by atoms with Gasteiger partial charge in [0, 0.05) is 17.7 Å². The van der Waals surface area contributed by atoms with Gasteiger partial charge in [0.05, 0.1) is 11.0 Å². The average molecular weight is 290 g/mol. The number of nitrogens with zero attached hydrogens (tertiary/aromatic N) is 3. The molecule has 112 valence electrons. The van der Waals surface area contributed by atoms with Crippen LogP contribution in [0.4, 0.5) is 5.69 Å². The number of nitrogens with two attached hydrogens (primary N) is 1. The quantitative estimate of drug-likeness (QED) is 0.669. The van der Waals surface area contributed by atoms with E-state index in [9.17, 15) is 10.1 Å². The van der Waals surface area contributed by atoms with E-state index >= 15 is 0 Å². The number of nitro benzene ring substituents is 1. The van der Waals surface area contributed by atoms with Gasteiger partial charge < -0.3 is 10.3 Å². The first kappa shape index (κ1) is 15.1. The highest BCUT2D eigenvalue weighted by Crippen LogP contribution is 2.27. The minimum atomic E-state index is -0.450. The Morgan fingerprint density at radius 1 is 1.48 bits per heavy atom. The van der Waals surface area contributed by atoms with Crippen molar-refractivity contribution in [3.8, 4) is 11.4 Å². The molecule has 0 saturated carbocycles. The van der Waals surface area contributed by atoms with Crippen LogP contribution in [0.3, 0.4) is 0 Å². The number of benzene rings is 1. The third-order valence-electron chi connectivity index (χ3n) is 3.66. The van der Waals surface area contributed by atoms with Gasteiger partial charge in [-0.05, 0) is 18.4 Å². The Morgan fingerprint density at radius 2 is 2.19 bits per heavy atom. The highest BCUT2D eigenvalue weighted by atomic mass is 16.6. The van der Waals surface area contributed by atoms with Gasteiger partial charge in [0.1, 0.15) is 0 Å². The number of aryl methyl sites for hydroxylation is 1. The lowest BCUT2D eigenvalue weighted by Crippen LogP contribution is -2.18. The Kier molecular flexibility index (Phi) is 4.32. The predicted molar refractivity (Wildman–Crippen MR) is 77.5 cm³/mol. The van der Waals surface area contributed by atoms with E-state index in [1.807, 2.05) is 20.8 Å². The maximum Gasteiger partial charge on any atom is 0.270 e. The molecule has 2 aromatic rings. The summed E-state index contributed by atoms with van der Waals surface area (Å²) in [6.45, 7) is 5.88. The molecule has 2 rings (SSSR count). The molecule has 0 amide bonds. The summed E-state index contributed by atoms with van der Waals surface area (Å²) in [6, 6.07) is 4.22. The monoisotopic (exact) mass is 290 g/mol. The van der Waals surface area contributed by atoms with E-state index in [2.05, 4.69) is 10.1 Å². The summed E-state index contributed by atoms with van der Waals surface area (Å²) < 4.78 is 5.20. The summed E-state index contributed by atoms with van der Waals surface area (Å²) in [5, 5.41) is 14.8. The number of hydrogen-bond donors (Lipinski definition) is 1. The van der Waals surface area contributed by atoms with Gasteiger partial charge in [0.15, 0.2) is 0 Å². The average Bonchev–Trinajstić information content (AvgIpc) is 2.95. The van der Waals surface area contributed by atoms with Crippen molar-refractivity contribution in [1.82, 2.24) is 10.1 Å². The van der Waals surface area contributed by atoms with Crippen LogP contribution in [0.15, 0.2) is 22.7 Å². The molecule has 0 fully saturated rings. The van der Waals surface area contributed by atoms with Gasteiger partial charge in [-0.3, -0.25) is 10.1 Å². The second-order valence-corrected chi connectivity index (χ2v) is 5.12. The second-order valence-electron chi connectivity index (χ2n) is 5.12. The predicted octanol–water partition coefficient (Wildman–Crippen LogP) is 3.00. The minimum absolute atomic E-state index is 0.00632. The van der Waals surface area contributed by atoms with Gasteiger partial charge in [-0.25, -0.2) is 0 Å². The van der Waals surface area contributed by atoms with E-state index in [1.165, 1.54) is 12.1 Å². The smallest absolute Gasteiger partial charge is 0.270 e. The Labute approximate surface area is 122 Å². The number of hydrogen-bond acceptors (Lipinski definition) is 6. The Morgan fingerprint density at radius 3 is 2.81 bits per heavy atom. The molecule has 2 N–H and O–H groups in total. The molecule has 0 saturated heterocycles. The normalized spacial score (nSPS) is 13.9. The molecule has 1 aromatic carbocycles. The Balaban J connectivity index is 2.37. The van der Waals surface area contributed by atoms with E-state index in [0.717, 1.165) is 12.0 Å². The molecule has 0 aliphatic heterocycles. The largest absolute Gasteiger partial charge is 0.337 e. The van der Waals surface area contributed by atoms with Gasteiger partial charge in [0.2, 0.25) is 11.7 Å². The van der Waals surface area contributed by atoms with Crippen molar-refractivity contribution < 1.29 is 9.45 Å². The van der Waals surface area contributed by atoms with Gasteiger partial charge in [-0.2, -0.15) is 4.98 Å². The molecule has 2 unspecified atom stereocenters. The van der Waals surface area contributed by atoms with Crippen LogP contribution in [-0.2, 0) is 0 Å². The standard InChI is InChI=1S/C14H18N4O3/c1-4-8(2)12(15)14-16-13(17-21-14)11-7-10(18(19)20)6-5-9(11)3/h5-8,12H,4,15H2,1-3H3. The highest BCUT2D eigenvalue weighted by Gasteiger charge is 2.21. The molecule has 2 atom stereocenters. The lowest BCUT2D eigenvalue weighted by Gasteiger charge is -2.12. The van der Waals surface area contributed by atoms with E-state index in [4.69, 9.17) is 10.3 Å². The molecule has 0 spiro atoms. The zero-order valence-electron chi connectivity index (χ0n) is 12.2. The Bertz CT molecular complexity index is 653. The van der Waals surface area contributed by atoms with Crippen molar-refractivity contribution in [2.75, 3.05) is 0 Å². The number of nitro groups is 1. The topological polar surface area (TPSA) is 108 Å². The fraction of sp³-hybridized carbons (Fsp3) is 0.429. The van der Waals surface area contributed by atoms with Gasteiger partial charge in [-0.1, -0.05) is 31.5 Å². The fourth-order valence-corrected chi connectivity index (χ4v) is 1.94. The Hall–Kier alpha value is -2.28. The first-order chi connectivity index (χ1) is 9.93. The van der Waals surface area contributed by atoms with Crippen LogP contribution in [0.2, 0.25) is 0 Å². The summed E-state index contributed by atoms with van der Waals surface area (Å²) in [7, 11) is 0. The van der Waals surface area contributed by atoms with Gasteiger partial charge in [-0.15, -0.1) is 0 Å². The second kappa shape index (κ2) is 6.01. The SMILES string of the molecule is CCC(C)C(N)c1nc(-c2cc([N+](=O)[O-])ccc2C)no1. The van der Waals surface area contributed by atoms with Crippen molar-refractivity contribution in [1.29, 1.82) is 0 Å². The third kappa shape index (κ3) is 3.08. The molecule has 0 radical (unpaired) electrons. The van der Waals surface area contributed by atoms with Crippen molar-refractivity contribution in [3.63, 3.8) is 0 Å². The number of aromatic nitrogens is 2. The molecular weight excluding hydrogens is 272 g/mol. The molecule has 0 aliphatic carbocycles. The summed E-state index contributed by atoms with van der Waals surface area (Å²) in [5.41, 5.74) is 7.46. The van der Waals surface area contributed by atoms with E-state index in [-0.39, 0.29) is 17.6 Å². The van der Waals surface area contributed by atoms with Gasteiger partial charge >= 0.3 is 0 Å². The first-order valence-electron chi connectivity index (χ1n) is 6.78. The van der Waals surface area contributed by atoms with Crippen molar-refractivity contribution in [2.45, 2.75) is 33.2 Å². The van der Waals surface area contributed by atoms with Crippen molar-refractivity contribution in [3.05, 3.63) is 39.8 Å². The molecule has 7 heteroatoms. The first-order valence-corrected chi connectivity index (χ1v) is 6.78. The van der Waals surface area contributed by atoms with E-state index < -0.39 is 4.92 Å². The van der Waals surface area contributed by atoms with Crippen LogP contribution in [0.5, 0.6) is 0 Å². The van der Waals surface area contributed by atoms with E-state index in [1.54, 1.807) is 6.07 Å². The molecule has 21 heavy (non-hydrogen) atoms. The van der Waals surface area contributed by atoms with Crippen LogP contribution in [0.1, 0.15) is 37.8 Å². The van der Waals surface area contributed by atoms with Crippen molar-refractivity contribution >= 4 is 5.69 Å². The summed E-state index contributed by atoms with van der Waals surface area (Å²) >= 11 is 0. The lowest BCUT2D eigenvalue weighted by atomic mass is 10.0. The number of rotatable bonds is 5. The summed E-state index contributed by atoms with van der Waals surface area (Å²) in [6.07, 6.45) is 0.898. The molecule has 0 aliphatic rings. The zero-order chi connectivity index (χ0) is 15.6. The van der Waals surface area contributed by atoms with Crippen LogP contribution in [-0.4, -0.2) is 15.1 Å².